The Bertz CT molecular complexity index is 781. The van der Waals surface area contributed by atoms with Crippen molar-refractivity contribution in [3.05, 3.63) is 35.7 Å². The first-order valence-electron chi connectivity index (χ1n) is 11.1. The lowest BCUT2D eigenvalue weighted by Crippen LogP contribution is -2.36. The second-order valence-corrected chi connectivity index (χ2v) is 9.59. The standard InChI is InChI=1S/C24H35N3/c1-4-5-8-13-23(2)14-16-24(3,17-15-23)22-26-25-21-20-12-7-6-10-19(20)11-9-18-27(21)22/h6-7,10,12H,4-5,8-9,11,13-18H2,1-3H3. The molecule has 146 valence electrons. The molecule has 0 N–H and O–H groups in total. The predicted octanol–water partition coefficient (Wildman–Crippen LogP) is 6.31. The molecule has 0 unspecified atom stereocenters. The molecule has 1 fully saturated rings. The topological polar surface area (TPSA) is 30.7 Å². The number of rotatable bonds is 5. The largest absolute Gasteiger partial charge is 0.311 e. The predicted molar refractivity (Wildman–Crippen MR) is 112 cm³/mol. The summed E-state index contributed by atoms with van der Waals surface area (Å²) in [5.41, 5.74) is 3.42. The SMILES string of the molecule is CCCCCC1(C)CCC(C)(c2nnc3n2CCCc2ccccc2-3)CC1. The van der Waals surface area contributed by atoms with Crippen LogP contribution in [-0.2, 0) is 18.4 Å². The molecule has 1 aliphatic carbocycles. The number of aryl methyl sites for hydroxylation is 1. The third-order valence-electron chi connectivity index (χ3n) is 7.32. The molecule has 1 saturated carbocycles. The second-order valence-electron chi connectivity index (χ2n) is 9.59. The molecule has 2 aliphatic rings. The van der Waals surface area contributed by atoms with E-state index in [4.69, 9.17) is 5.10 Å². The van der Waals surface area contributed by atoms with Gasteiger partial charge in [-0.15, -0.1) is 10.2 Å². The fourth-order valence-electron chi connectivity index (χ4n) is 5.23. The number of unbranched alkanes of at least 4 members (excludes halogenated alkanes) is 2. The van der Waals surface area contributed by atoms with Gasteiger partial charge in [0.2, 0.25) is 0 Å². The third kappa shape index (κ3) is 3.58. The van der Waals surface area contributed by atoms with Gasteiger partial charge in [0.05, 0.1) is 0 Å². The van der Waals surface area contributed by atoms with Crippen molar-refractivity contribution in [2.24, 2.45) is 5.41 Å². The molecule has 4 rings (SSSR count). The first-order chi connectivity index (χ1) is 13.0. The van der Waals surface area contributed by atoms with E-state index in [-0.39, 0.29) is 5.41 Å². The highest BCUT2D eigenvalue weighted by Crippen LogP contribution is 2.49. The molecule has 1 aliphatic heterocycles. The maximum Gasteiger partial charge on any atom is 0.164 e. The molecule has 1 aromatic carbocycles. The van der Waals surface area contributed by atoms with Crippen LogP contribution in [0.4, 0.5) is 0 Å². The van der Waals surface area contributed by atoms with Gasteiger partial charge in [0.1, 0.15) is 5.82 Å². The summed E-state index contributed by atoms with van der Waals surface area (Å²) in [6.45, 7) is 8.31. The second kappa shape index (κ2) is 7.41. The highest BCUT2D eigenvalue weighted by atomic mass is 15.3. The van der Waals surface area contributed by atoms with Gasteiger partial charge in [-0.05, 0) is 55.9 Å². The van der Waals surface area contributed by atoms with Crippen LogP contribution in [0.15, 0.2) is 24.3 Å². The minimum atomic E-state index is 0.175. The minimum absolute atomic E-state index is 0.175. The van der Waals surface area contributed by atoms with E-state index in [1.54, 1.807) is 0 Å². The normalized spacial score (nSPS) is 27.7. The van der Waals surface area contributed by atoms with Crippen molar-refractivity contribution >= 4 is 0 Å². The van der Waals surface area contributed by atoms with E-state index in [0.29, 0.717) is 5.41 Å². The molecule has 0 spiro atoms. The Morgan fingerprint density at radius 2 is 1.78 bits per heavy atom. The Hall–Kier alpha value is -1.64. The minimum Gasteiger partial charge on any atom is -0.311 e. The zero-order chi connectivity index (χ0) is 18.9. The van der Waals surface area contributed by atoms with E-state index in [0.717, 1.165) is 18.8 Å². The van der Waals surface area contributed by atoms with Crippen LogP contribution in [0.2, 0.25) is 0 Å². The van der Waals surface area contributed by atoms with Gasteiger partial charge in [0.25, 0.3) is 0 Å². The van der Waals surface area contributed by atoms with Crippen molar-refractivity contribution in [3.63, 3.8) is 0 Å². The Kier molecular flexibility index (Phi) is 5.13. The summed E-state index contributed by atoms with van der Waals surface area (Å²) in [4.78, 5) is 0. The molecule has 3 nitrogen and oxygen atoms in total. The molecule has 2 heterocycles. The van der Waals surface area contributed by atoms with Gasteiger partial charge in [0.15, 0.2) is 5.82 Å². The molecule has 0 radical (unpaired) electrons. The highest BCUT2D eigenvalue weighted by molar-refractivity contribution is 5.61. The maximum absolute atomic E-state index is 4.77. The van der Waals surface area contributed by atoms with Crippen LogP contribution in [0.25, 0.3) is 11.4 Å². The summed E-state index contributed by atoms with van der Waals surface area (Å²) in [5, 5.41) is 9.46. The first kappa shape index (κ1) is 18.7. The summed E-state index contributed by atoms with van der Waals surface area (Å²) in [5.74, 6) is 2.33. The molecule has 1 aromatic heterocycles. The summed E-state index contributed by atoms with van der Waals surface area (Å²) in [7, 11) is 0. The average Bonchev–Trinajstić information content (AvgIpc) is 3.02. The van der Waals surface area contributed by atoms with Gasteiger partial charge >= 0.3 is 0 Å². The summed E-state index contributed by atoms with van der Waals surface area (Å²) in [6.07, 6.45) is 12.9. The monoisotopic (exact) mass is 365 g/mol. The molecule has 0 bridgehead atoms. The number of hydrogen-bond donors (Lipinski definition) is 0. The van der Waals surface area contributed by atoms with Crippen molar-refractivity contribution in [1.29, 1.82) is 0 Å². The highest BCUT2D eigenvalue weighted by Gasteiger charge is 2.41. The van der Waals surface area contributed by atoms with Crippen LogP contribution in [0.1, 0.15) is 89.9 Å². The van der Waals surface area contributed by atoms with Gasteiger partial charge in [-0.2, -0.15) is 0 Å². The fourth-order valence-corrected chi connectivity index (χ4v) is 5.23. The van der Waals surface area contributed by atoms with Crippen molar-refractivity contribution in [2.75, 3.05) is 0 Å². The van der Waals surface area contributed by atoms with Gasteiger partial charge in [-0.1, -0.05) is 64.3 Å². The number of hydrogen-bond acceptors (Lipinski definition) is 2. The number of benzene rings is 1. The van der Waals surface area contributed by atoms with Gasteiger partial charge in [-0.25, -0.2) is 0 Å². The number of fused-ring (bicyclic) bond motifs is 3. The molecule has 0 amide bonds. The Balaban J connectivity index is 1.57. The first-order valence-corrected chi connectivity index (χ1v) is 11.1. The zero-order valence-corrected chi connectivity index (χ0v) is 17.4. The van der Waals surface area contributed by atoms with Crippen LogP contribution >= 0.6 is 0 Å². The fraction of sp³-hybridized carbons (Fsp3) is 0.667. The molecule has 27 heavy (non-hydrogen) atoms. The van der Waals surface area contributed by atoms with Crippen LogP contribution in [0.3, 0.4) is 0 Å². The van der Waals surface area contributed by atoms with E-state index in [1.165, 1.54) is 74.7 Å². The van der Waals surface area contributed by atoms with Crippen LogP contribution in [-0.4, -0.2) is 14.8 Å². The molecular formula is C24H35N3. The zero-order valence-electron chi connectivity index (χ0n) is 17.4. The lowest BCUT2D eigenvalue weighted by atomic mass is 9.63. The number of aromatic nitrogens is 3. The summed E-state index contributed by atoms with van der Waals surface area (Å²) in [6, 6.07) is 8.75. The van der Waals surface area contributed by atoms with Crippen molar-refractivity contribution in [3.8, 4) is 11.4 Å². The van der Waals surface area contributed by atoms with E-state index in [9.17, 15) is 0 Å². The third-order valence-corrected chi connectivity index (χ3v) is 7.32. The van der Waals surface area contributed by atoms with Gasteiger partial charge in [0, 0.05) is 17.5 Å². The van der Waals surface area contributed by atoms with Crippen molar-refractivity contribution < 1.29 is 0 Å². The summed E-state index contributed by atoms with van der Waals surface area (Å²) >= 11 is 0. The van der Waals surface area contributed by atoms with Crippen molar-refractivity contribution in [1.82, 2.24) is 14.8 Å². The van der Waals surface area contributed by atoms with E-state index in [1.807, 2.05) is 0 Å². The maximum atomic E-state index is 4.77. The molecular weight excluding hydrogens is 330 g/mol. The quantitative estimate of drug-likeness (QED) is 0.581. The lowest BCUT2D eigenvalue weighted by molar-refractivity contribution is 0.132. The Morgan fingerprint density at radius 3 is 2.56 bits per heavy atom. The Labute approximate surface area is 164 Å². The van der Waals surface area contributed by atoms with E-state index >= 15 is 0 Å². The molecule has 0 saturated heterocycles. The number of nitrogens with zero attached hydrogens (tertiary/aromatic N) is 3. The molecule has 3 heteroatoms. The summed E-state index contributed by atoms with van der Waals surface area (Å²) < 4.78 is 2.45. The van der Waals surface area contributed by atoms with Crippen molar-refractivity contribution in [2.45, 2.75) is 96.9 Å². The average molecular weight is 366 g/mol. The van der Waals surface area contributed by atoms with Gasteiger partial charge in [-0.3, -0.25) is 0 Å². The van der Waals surface area contributed by atoms with E-state index < -0.39 is 0 Å². The van der Waals surface area contributed by atoms with Crippen LogP contribution in [0, 0.1) is 5.41 Å². The van der Waals surface area contributed by atoms with Gasteiger partial charge < -0.3 is 4.57 Å². The molecule has 0 atom stereocenters. The van der Waals surface area contributed by atoms with Crippen LogP contribution < -0.4 is 0 Å². The smallest absolute Gasteiger partial charge is 0.164 e. The van der Waals surface area contributed by atoms with Crippen LogP contribution in [0.5, 0.6) is 0 Å². The molecule has 2 aromatic rings. The van der Waals surface area contributed by atoms with E-state index in [2.05, 4.69) is 54.7 Å². The Morgan fingerprint density at radius 1 is 1.00 bits per heavy atom. The lowest BCUT2D eigenvalue weighted by Gasteiger charge is -2.43.